The zero-order chi connectivity index (χ0) is 11.8. The lowest BCUT2D eigenvalue weighted by molar-refractivity contribution is 0.419. The molecular weight excluding hydrogens is 234 g/mol. The molecule has 2 unspecified atom stereocenters. The van der Waals surface area contributed by atoms with Crippen LogP contribution in [0.1, 0.15) is 36.2 Å². The van der Waals surface area contributed by atoms with Crippen LogP contribution in [0, 0.1) is 0 Å². The molecule has 1 aliphatic heterocycles. The Balaban J connectivity index is 1.95. The first-order valence-electron chi connectivity index (χ1n) is 5.56. The Bertz CT molecular complexity index is 538. The minimum absolute atomic E-state index is 0.205. The van der Waals surface area contributed by atoms with E-state index in [1.807, 2.05) is 24.8 Å². The van der Waals surface area contributed by atoms with E-state index in [2.05, 4.69) is 28.4 Å². The van der Waals surface area contributed by atoms with E-state index in [9.17, 15) is 0 Å². The molecule has 0 spiro atoms. The van der Waals surface area contributed by atoms with Crippen LogP contribution in [0.4, 0.5) is 0 Å². The average Bonchev–Trinajstić information content (AvgIpc) is 2.95. The maximum Gasteiger partial charge on any atom is 0.232 e. The molecular formula is C12H13N3OS. The molecule has 5 heteroatoms. The Morgan fingerprint density at radius 1 is 1.41 bits per heavy atom. The van der Waals surface area contributed by atoms with E-state index in [-0.39, 0.29) is 12.0 Å². The van der Waals surface area contributed by atoms with E-state index in [1.54, 1.807) is 0 Å². The standard InChI is InChI=1S/C12H13N3OS/c1-7(13)11-14-15-12(16-11)9-6-17-10-5-3-2-4-8(9)10/h2-5,7,9H,6,13H2,1H3. The molecule has 88 valence electrons. The second-order valence-electron chi connectivity index (χ2n) is 4.17. The van der Waals surface area contributed by atoms with Gasteiger partial charge in [-0.05, 0) is 18.6 Å². The molecule has 3 rings (SSSR count). The Kier molecular flexibility index (Phi) is 2.64. The first-order valence-corrected chi connectivity index (χ1v) is 6.55. The summed E-state index contributed by atoms with van der Waals surface area (Å²) in [6, 6.07) is 8.13. The van der Waals surface area contributed by atoms with Crippen molar-refractivity contribution < 1.29 is 4.42 Å². The summed E-state index contributed by atoms with van der Waals surface area (Å²) in [6.07, 6.45) is 0. The van der Waals surface area contributed by atoms with Crippen molar-refractivity contribution in [3.63, 3.8) is 0 Å². The third-order valence-electron chi connectivity index (χ3n) is 2.84. The lowest BCUT2D eigenvalue weighted by Crippen LogP contribution is -2.04. The number of fused-ring (bicyclic) bond motifs is 1. The van der Waals surface area contributed by atoms with Crippen LogP contribution in [-0.2, 0) is 0 Å². The molecule has 0 radical (unpaired) electrons. The van der Waals surface area contributed by atoms with Crippen molar-refractivity contribution in [2.45, 2.75) is 23.8 Å². The summed E-state index contributed by atoms with van der Waals surface area (Å²) in [7, 11) is 0. The highest BCUT2D eigenvalue weighted by Crippen LogP contribution is 2.42. The summed E-state index contributed by atoms with van der Waals surface area (Å²) in [5.74, 6) is 2.35. The van der Waals surface area contributed by atoms with E-state index < -0.39 is 0 Å². The van der Waals surface area contributed by atoms with Gasteiger partial charge in [-0.1, -0.05) is 18.2 Å². The fourth-order valence-corrected chi connectivity index (χ4v) is 3.16. The van der Waals surface area contributed by atoms with Crippen LogP contribution < -0.4 is 5.73 Å². The highest BCUT2D eigenvalue weighted by Gasteiger charge is 2.29. The number of rotatable bonds is 2. The molecule has 2 N–H and O–H groups in total. The third-order valence-corrected chi connectivity index (χ3v) is 4.03. The molecule has 1 aromatic heterocycles. The fourth-order valence-electron chi connectivity index (χ4n) is 1.94. The molecule has 17 heavy (non-hydrogen) atoms. The Morgan fingerprint density at radius 2 is 2.24 bits per heavy atom. The zero-order valence-corrected chi connectivity index (χ0v) is 10.3. The van der Waals surface area contributed by atoms with Gasteiger partial charge in [-0.15, -0.1) is 22.0 Å². The fraction of sp³-hybridized carbons (Fsp3) is 0.333. The number of aromatic nitrogens is 2. The number of hydrogen-bond acceptors (Lipinski definition) is 5. The molecule has 0 bridgehead atoms. The quantitative estimate of drug-likeness (QED) is 0.882. The van der Waals surface area contributed by atoms with Crippen molar-refractivity contribution in [1.82, 2.24) is 10.2 Å². The minimum atomic E-state index is -0.208. The minimum Gasteiger partial charge on any atom is -0.423 e. The van der Waals surface area contributed by atoms with Crippen LogP contribution in [0.15, 0.2) is 33.6 Å². The number of hydrogen-bond donors (Lipinski definition) is 1. The molecule has 1 aromatic carbocycles. The van der Waals surface area contributed by atoms with E-state index in [1.165, 1.54) is 10.5 Å². The second-order valence-corrected chi connectivity index (χ2v) is 5.23. The van der Waals surface area contributed by atoms with Crippen molar-refractivity contribution in [2.24, 2.45) is 5.73 Å². The summed E-state index contributed by atoms with van der Waals surface area (Å²) in [5, 5.41) is 8.09. The van der Waals surface area contributed by atoms with E-state index in [0.29, 0.717) is 11.8 Å². The molecule has 4 nitrogen and oxygen atoms in total. The number of benzene rings is 1. The predicted molar refractivity (Wildman–Crippen MR) is 65.9 cm³/mol. The van der Waals surface area contributed by atoms with Crippen LogP contribution in [0.25, 0.3) is 0 Å². The van der Waals surface area contributed by atoms with Crippen molar-refractivity contribution in [2.75, 3.05) is 5.75 Å². The van der Waals surface area contributed by atoms with Gasteiger partial charge in [0, 0.05) is 10.6 Å². The van der Waals surface area contributed by atoms with Gasteiger partial charge in [0.1, 0.15) is 0 Å². The highest BCUT2D eigenvalue weighted by atomic mass is 32.2. The first kappa shape index (κ1) is 10.8. The van der Waals surface area contributed by atoms with Crippen LogP contribution in [-0.4, -0.2) is 16.0 Å². The molecule has 2 atom stereocenters. The predicted octanol–water partition coefficient (Wildman–Crippen LogP) is 2.33. The molecule has 0 amide bonds. The van der Waals surface area contributed by atoms with Gasteiger partial charge in [0.05, 0.1) is 12.0 Å². The van der Waals surface area contributed by atoms with Crippen LogP contribution >= 0.6 is 11.8 Å². The molecule has 0 aliphatic carbocycles. The SMILES string of the molecule is CC(N)c1nnc(C2CSc3ccccc32)o1. The Hall–Kier alpha value is -1.33. The van der Waals surface area contributed by atoms with Gasteiger partial charge in [-0.3, -0.25) is 0 Å². The summed E-state index contributed by atoms with van der Waals surface area (Å²) in [4.78, 5) is 1.30. The van der Waals surface area contributed by atoms with Gasteiger partial charge in [-0.25, -0.2) is 0 Å². The van der Waals surface area contributed by atoms with E-state index in [4.69, 9.17) is 10.2 Å². The molecule has 2 aromatic rings. The zero-order valence-electron chi connectivity index (χ0n) is 9.46. The highest BCUT2D eigenvalue weighted by molar-refractivity contribution is 7.99. The number of thioether (sulfide) groups is 1. The van der Waals surface area contributed by atoms with Gasteiger partial charge < -0.3 is 10.2 Å². The molecule has 2 heterocycles. The summed E-state index contributed by atoms with van der Waals surface area (Å²) in [5.41, 5.74) is 6.99. The smallest absolute Gasteiger partial charge is 0.232 e. The summed E-state index contributed by atoms with van der Waals surface area (Å²) < 4.78 is 5.63. The first-order chi connectivity index (χ1) is 8.25. The molecule has 0 fully saturated rings. The van der Waals surface area contributed by atoms with Crippen molar-refractivity contribution in [3.05, 3.63) is 41.6 Å². The maximum absolute atomic E-state index is 5.72. The van der Waals surface area contributed by atoms with Gasteiger partial charge in [0.25, 0.3) is 0 Å². The normalized spacial score (nSPS) is 20.2. The summed E-state index contributed by atoms with van der Waals surface area (Å²) in [6.45, 7) is 1.84. The second kappa shape index (κ2) is 4.16. The van der Waals surface area contributed by atoms with E-state index in [0.717, 1.165) is 5.75 Å². The van der Waals surface area contributed by atoms with Gasteiger partial charge >= 0.3 is 0 Å². The lowest BCUT2D eigenvalue weighted by Gasteiger charge is -2.04. The number of nitrogens with two attached hydrogens (primary N) is 1. The maximum atomic E-state index is 5.72. The van der Waals surface area contributed by atoms with Gasteiger partial charge in [0.15, 0.2) is 0 Å². The van der Waals surface area contributed by atoms with Crippen molar-refractivity contribution in [3.8, 4) is 0 Å². The monoisotopic (exact) mass is 247 g/mol. The number of nitrogens with zero attached hydrogens (tertiary/aromatic N) is 2. The van der Waals surface area contributed by atoms with Crippen molar-refractivity contribution >= 4 is 11.8 Å². The Morgan fingerprint density at radius 3 is 3.00 bits per heavy atom. The Labute approximate surface area is 104 Å². The van der Waals surface area contributed by atoms with Gasteiger partial charge in [0.2, 0.25) is 11.8 Å². The largest absolute Gasteiger partial charge is 0.423 e. The molecule has 1 aliphatic rings. The van der Waals surface area contributed by atoms with Crippen LogP contribution in [0.2, 0.25) is 0 Å². The average molecular weight is 247 g/mol. The molecule has 0 saturated heterocycles. The summed E-state index contributed by atoms with van der Waals surface area (Å²) >= 11 is 1.83. The topological polar surface area (TPSA) is 64.9 Å². The third kappa shape index (κ3) is 1.85. The van der Waals surface area contributed by atoms with E-state index >= 15 is 0 Å². The lowest BCUT2D eigenvalue weighted by atomic mass is 10.0. The van der Waals surface area contributed by atoms with Crippen LogP contribution in [0.5, 0.6) is 0 Å². The van der Waals surface area contributed by atoms with Crippen LogP contribution in [0.3, 0.4) is 0 Å². The van der Waals surface area contributed by atoms with Crippen molar-refractivity contribution in [1.29, 1.82) is 0 Å². The molecule has 0 saturated carbocycles. The van der Waals surface area contributed by atoms with Gasteiger partial charge in [-0.2, -0.15) is 0 Å².